The number of aliphatic hydroxyl groups excluding tert-OH is 1. The summed E-state index contributed by atoms with van der Waals surface area (Å²) in [5.41, 5.74) is 1.12. The molecule has 9 heteroatoms. The van der Waals surface area contributed by atoms with Crippen LogP contribution in [-0.2, 0) is 4.74 Å². The van der Waals surface area contributed by atoms with Crippen LogP contribution in [0.25, 0.3) is 11.2 Å². The molecule has 1 aliphatic rings. The number of aromatic nitrogens is 4. The summed E-state index contributed by atoms with van der Waals surface area (Å²) in [4.78, 5) is 27.2. The Morgan fingerprint density at radius 3 is 2.41 bits per heavy atom. The highest BCUT2D eigenvalue weighted by Gasteiger charge is 2.21. The quantitative estimate of drug-likeness (QED) is 0.646. The van der Waals surface area contributed by atoms with E-state index in [2.05, 4.69) is 31.8 Å². The number of rotatable bonds is 2. The molecule has 3 rings (SSSR count). The highest BCUT2D eigenvalue weighted by atomic mass is 16.6. The second-order valence-electron chi connectivity index (χ2n) is 8.94. The first-order valence-corrected chi connectivity index (χ1v) is 9.57. The number of imidazole rings is 1. The molecule has 1 amide bonds. The van der Waals surface area contributed by atoms with E-state index in [0.717, 1.165) is 19.3 Å². The minimum Gasteiger partial charge on any atom is -0.470 e. The zero-order chi connectivity index (χ0) is 21.8. The molecule has 0 aromatic carbocycles. The first-order chi connectivity index (χ1) is 13.3. The number of amides is 1. The van der Waals surface area contributed by atoms with Gasteiger partial charge in [-0.05, 0) is 60.8 Å². The van der Waals surface area contributed by atoms with Crippen LogP contribution < -0.4 is 10.1 Å². The normalized spacial score (nSPS) is 16.9. The lowest BCUT2D eigenvalue weighted by molar-refractivity contribution is 0.0634. The predicted molar refractivity (Wildman–Crippen MR) is 111 cm³/mol. The third kappa shape index (κ3) is 7.69. The first kappa shape index (κ1) is 22.6. The Kier molecular flexibility index (Phi) is 6.84. The van der Waals surface area contributed by atoms with Crippen molar-refractivity contribution in [1.29, 1.82) is 0 Å². The minimum atomic E-state index is -0.635. The number of nitrogens with zero attached hydrogens (tertiary/aromatic N) is 3. The van der Waals surface area contributed by atoms with Crippen molar-refractivity contribution < 1.29 is 19.4 Å². The molecule has 1 unspecified atom stereocenters. The third-order valence-electron chi connectivity index (χ3n) is 3.62. The Balaban J connectivity index is 0.000000360. The number of anilines is 1. The van der Waals surface area contributed by atoms with Gasteiger partial charge >= 0.3 is 6.09 Å². The van der Waals surface area contributed by atoms with Crippen LogP contribution in [0.5, 0.6) is 5.88 Å². The van der Waals surface area contributed by atoms with Gasteiger partial charge in [0.25, 0.3) is 0 Å². The van der Waals surface area contributed by atoms with Gasteiger partial charge in [0.15, 0.2) is 5.65 Å². The van der Waals surface area contributed by atoms with Crippen molar-refractivity contribution in [1.82, 2.24) is 19.9 Å². The number of carbonyl (C=O) groups is 1. The second-order valence-corrected chi connectivity index (χ2v) is 8.94. The maximum Gasteiger partial charge on any atom is 0.414 e. The van der Waals surface area contributed by atoms with Crippen molar-refractivity contribution >= 4 is 23.2 Å². The van der Waals surface area contributed by atoms with Crippen LogP contribution in [0, 0.1) is 0 Å². The molecule has 0 radical (unpaired) electrons. The van der Waals surface area contributed by atoms with E-state index < -0.39 is 17.3 Å². The molecule has 0 saturated heterocycles. The van der Waals surface area contributed by atoms with Gasteiger partial charge in [-0.25, -0.2) is 9.78 Å². The zero-order valence-electron chi connectivity index (χ0n) is 18.0. The van der Waals surface area contributed by atoms with Crippen molar-refractivity contribution in [3.8, 4) is 5.88 Å². The maximum absolute atomic E-state index is 11.8. The van der Waals surface area contributed by atoms with E-state index in [9.17, 15) is 4.79 Å². The minimum absolute atomic E-state index is 0.0764. The Morgan fingerprint density at radius 1 is 1.24 bits per heavy atom. The Labute approximate surface area is 170 Å². The van der Waals surface area contributed by atoms with E-state index >= 15 is 0 Å². The molecule has 0 spiro atoms. The summed E-state index contributed by atoms with van der Waals surface area (Å²) in [7, 11) is 0. The van der Waals surface area contributed by atoms with Gasteiger partial charge in [-0.3, -0.25) is 5.32 Å². The lowest BCUT2D eigenvalue weighted by Crippen LogP contribution is -2.28. The molecule has 1 saturated carbocycles. The molecule has 1 fully saturated rings. The Morgan fingerprint density at radius 2 is 1.93 bits per heavy atom. The summed E-state index contributed by atoms with van der Waals surface area (Å²) in [5, 5.41) is 11.3. The van der Waals surface area contributed by atoms with Gasteiger partial charge < -0.3 is 19.6 Å². The van der Waals surface area contributed by atoms with Gasteiger partial charge in [-0.2, -0.15) is 9.97 Å². The van der Waals surface area contributed by atoms with Crippen molar-refractivity contribution in [3.63, 3.8) is 0 Å². The average Bonchev–Trinajstić information content (AvgIpc) is 3.13. The summed E-state index contributed by atoms with van der Waals surface area (Å²) in [6.07, 6.45) is 3.57. The first-order valence-electron chi connectivity index (χ1n) is 9.57. The number of hydrogen-bond acceptors (Lipinski definition) is 7. The van der Waals surface area contributed by atoms with E-state index in [1.165, 1.54) is 11.9 Å². The molecular formula is C20H31N5O4. The number of nitrogens with one attached hydrogen (secondary N) is 2. The number of carbonyl (C=O) groups excluding carboxylic acids is 1. The summed E-state index contributed by atoms with van der Waals surface area (Å²) in [6.45, 7) is 14.8. The van der Waals surface area contributed by atoms with Crippen LogP contribution in [0.15, 0.2) is 18.5 Å². The Hall–Kier alpha value is -2.68. The van der Waals surface area contributed by atoms with Crippen LogP contribution in [0.2, 0.25) is 0 Å². The molecule has 0 aliphatic heterocycles. The third-order valence-corrected chi connectivity index (χ3v) is 3.62. The molecule has 2 aromatic rings. The van der Waals surface area contributed by atoms with Crippen LogP contribution in [0.3, 0.4) is 0 Å². The fraction of sp³-hybridized carbons (Fsp3) is 0.600. The van der Waals surface area contributed by atoms with E-state index in [0.29, 0.717) is 17.0 Å². The standard InChI is InChI=1S/C14H21N5O3.C6H10O/c1-13(2,3)21-10-8-9(16-7-15-8)17-11(18-10)19-12(20)22-14(4,5)6;1-5-2-3-6(7)4-5/h7H,1-6H3,(H2,15,16,17,18,19,20);6-7H,1-4H2. The largest absolute Gasteiger partial charge is 0.470 e. The molecule has 2 heterocycles. The SMILES string of the molecule is C=C1CCC(O)C1.CC(C)(C)OC(=O)Nc1nc(OC(C)(C)C)c2[nH]cnc2n1. The number of fused-ring (bicyclic) bond motifs is 1. The number of hydrogen-bond donors (Lipinski definition) is 3. The lowest BCUT2D eigenvalue weighted by atomic mass is 10.2. The molecule has 1 aliphatic carbocycles. The second kappa shape index (κ2) is 8.77. The van der Waals surface area contributed by atoms with Crippen LogP contribution >= 0.6 is 0 Å². The van der Waals surface area contributed by atoms with Crippen molar-refractivity contribution in [2.75, 3.05) is 5.32 Å². The molecular weight excluding hydrogens is 374 g/mol. The lowest BCUT2D eigenvalue weighted by Gasteiger charge is -2.21. The van der Waals surface area contributed by atoms with Crippen molar-refractivity contribution in [2.45, 2.75) is 78.1 Å². The number of aromatic amines is 1. The molecule has 9 nitrogen and oxygen atoms in total. The van der Waals surface area contributed by atoms with Gasteiger partial charge in [0, 0.05) is 0 Å². The number of H-pyrrole nitrogens is 1. The van der Waals surface area contributed by atoms with E-state index in [1.54, 1.807) is 20.8 Å². The van der Waals surface area contributed by atoms with E-state index in [-0.39, 0.29) is 12.1 Å². The molecule has 29 heavy (non-hydrogen) atoms. The molecule has 1 atom stereocenters. The topological polar surface area (TPSA) is 122 Å². The van der Waals surface area contributed by atoms with E-state index in [1.807, 2.05) is 20.8 Å². The number of aliphatic hydroxyl groups is 1. The molecule has 2 aromatic heterocycles. The summed E-state index contributed by atoms with van der Waals surface area (Å²) >= 11 is 0. The molecule has 3 N–H and O–H groups in total. The van der Waals surface area contributed by atoms with Gasteiger partial charge in [0.05, 0.1) is 12.4 Å². The van der Waals surface area contributed by atoms with Gasteiger partial charge in [-0.15, -0.1) is 0 Å². The molecule has 160 valence electrons. The van der Waals surface area contributed by atoms with Gasteiger partial charge in [0.1, 0.15) is 16.7 Å². The predicted octanol–water partition coefficient (Wildman–Crippen LogP) is 3.96. The van der Waals surface area contributed by atoms with E-state index in [4.69, 9.17) is 14.6 Å². The fourth-order valence-corrected chi connectivity index (χ4v) is 2.53. The zero-order valence-corrected chi connectivity index (χ0v) is 18.0. The van der Waals surface area contributed by atoms with Crippen LogP contribution in [0.1, 0.15) is 60.8 Å². The summed E-state index contributed by atoms with van der Waals surface area (Å²) < 4.78 is 11.0. The molecule has 0 bridgehead atoms. The fourth-order valence-electron chi connectivity index (χ4n) is 2.53. The monoisotopic (exact) mass is 405 g/mol. The Bertz CT molecular complexity index is 864. The average molecular weight is 405 g/mol. The van der Waals surface area contributed by atoms with Crippen molar-refractivity contribution in [3.05, 3.63) is 18.5 Å². The van der Waals surface area contributed by atoms with Gasteiger partial charge in [0.2, 0.25) is 11.8 Å². The summed E-state index contributed by atoms with van der Waals surface area (Å²) in [5.74, 6) is 0.397. The van der Waals surface area contributed by atoms with Crippen LogP contribution in [-0.4, -0.2) is 48.4 Å². The van der Waals surface area contributed by atoms with Crippen molar-refractivity contribution in [2.24, 2.45) is 0 Å². The smallest absolute Gasteiger partial charge is 0.414 e. The number of ether oxygens (including phenoxy) is 2. The van der Waals surface area contributed by atoms with Crippen LogP contribution in [0.4, 0.5) is 10.7 Å². The highest BCUT2D eigenvalue weighted by Crippen LogP contribution is 2.25. The highest BCUT2D eigenvalue weighted by molar-refractivity contribution is 5.85. The van der Waals surface area contributed by atoms with Gasteiger partial charge in [-0.1, -0.05) is 12.2 Å². The summed E-state index contributed by atoms with van der Waals surface area (Å²) in [6, 6.07) is 0. The maximum atomic E-state index is 11.8.